The fourth-order valence-electron chi connectivity index (χ4n) is 3.25. The van der Waals surface area contributed by atoms with Crippen LogP contribution in [0.2, 0.25) is 0 Å². The van der Waals surface area contributed by atoms with Crippen LogP contribution in [0.4, 0.5) is 0 Å². The third-order valence-electron chi connectivity index (χ3n) is 4.67. The normalized spacial score (nSPS) is 11.5. The third-order valence-corrected chi connectivity index (χ3v) is 5.77. The van der Waals surface area contributed by atoms with Crippen LogP contribution in [0.1, 0.15) is 48.4 Å². The first-order valence-corrected chi connectivity index (χ1v) is 11.7. The van der Waals surface area contributed by atoms with Gasteiger partial charge in [-0.05, 0) is 58.0 Å². The van der Waals surface area contributed by atoms with Crippen molar-refractivity contribution in [3.63, 3.8) is 0 Å². The van der Waals surface area contributed by atoms with E-state index in [1.54, 1.807) is 31.2 Å². The van der Waals surface area contributed by atoms with Crippen molar-refractivity contribution in [2.45, 2.75) is 27.7 Å². The van der Waals surface area contributed by atoms with Crippen LogP contribution < -0.4 is 19.0 Å². The van der Waals surface area contributed by atoms with Gasteiger partial charge >= 0.3 is 5.97 Å². The Balaban J connectivity index is 2.05. The van der Waals surface area contributed by atoms with Crippen molar-refractivity contribution < 1.29 is 28.5 Å². The molecule has 0 bridgehead atoms. The zero-order chi connectivity index (χ0) is 24.0. The topological polar surface area (TPSA) is 88.3 Å². The van der Waals surface area contributed by atoms with Crippen LogP contribution in [0.25, 0.3) is 10.2 Å². The van der Waals surface area contributed by atoms with E-state index >= 15 is 0 Å². The summed E-state index contributed by atoms with van der Waals surface area (Å²) in [6.07, 6.45) is 0. The summed E-state index contributed by atoms with van der Waals surface area (Å²) in [4.78, 5) is 30.0. The van der Waals surface area contributed by atoms with Gasteiger partial charge in [-0.3, -0.25) is 4.79 Å². The highest BCUT2D eigenvalue weighted by Crippen LogP contribution is 2.39. The third kappa shape index (κ3) is 5.36. The maximum atomic E-state index is 13.1. The first-order valence-electron chi connectivity index (χ1n) is 10.9. The van der Waals surface area contributed by atoms with Gasteiger partial charge in [0.25, 0.3) is 5.91 Å². The number of aryl methyl sites for hydroxylation is 1. The van der Waals surface area contributed by atoms with Gasteiger partial charge in [-0.1, -0.05) is 11.3 Å². The lowest BCUT2D eigenvalue weighted by molar-refractivity contribution is 0.0526. The minimum absolute atomic E-state index is 0.305. The Morgan fingerprint density at radius 3 is 2.09 bits per heavy atom. The first kappa shape index (κ1) is 24.3. The second-order valence-corrected chi connectivity index (χ2v) is 7.87. The fraction of sp³-hybridized carbons (Fsp3) is 0.375. The molecule has 0 spiro atoms. The van der Waals surface area contributed by atoms with Gasteiger partial charge in [0.05, 0.1) is 42.2 Å². The molecule has 9 heteroatoms. The van der Waals surface area contributed by atoms with Crippen LogP contribution in [0, 0.1) is 0 Å². The van der Waals surface area contributed by atoms with Crippen LogP contribution in [0.15, 0.2) is 35.3 Å². The van der Waals surface area contributed by atoms with Gasteiger partial charge in [0.2, 0.25) is 5.75 Å². The quantitative estimate of drug-likeness (QED) is 0.430. The van der Waals surface area contributed by atoms with E-state index in [2.05, 4.69) is 4.99 Å². The molecule has 0 saturated carbocycles. The Kier molecular flexibility index (Phi) is 8.11. The van der Waals surface area contributed by atoms with E-state index in [0.29, 0.717) is 59.6 Å². The average Bonchev–Trinajstić information content (AvgIpc) is 3.10. The van der Waals surface area contributed by atoms with E-state index < -0.39 is 5.91 Å². The van der Waals surface area contributed by atoms with Crippen molar-refractivity contribution in [2.24, 2.45) is 12.0 Å². The first-order chi connectivity index (χ1) is 15.9. The van der Waals surface area contributed by atoms with Crippen LogP contribution in [-0.2, 0) is 11.8 Å². The van der Waals surface area contributed by atoms with E-state index in [1.807, 2.05) is 38.5 Å². The zero-order valence-corrected chi connectivity index (χ0v) is 20.3. The highest BCUT2D eigenvalue weighted by Gasteiger charge is 2.19. The lowest BCUT2D eigenvalue weighted by Crippen LogP contribution is -2.13. The Hall–Kier alpha value is -3.33. The lowest BCUT2D eigenvalue weighted by Gasteiger charge is -2.16. The number of aromatic nitrogens is 1. The SMILES string of the molecule is CCOC(=O)c1ccc2c(c1)sc(=NC(=O)c1cc(OCC)c(OCC)c(OCC)c1)n2C. The van der Waals surface area contributed by atoms with Gasteiger partial charge in [0.1, 0.15) is 0 Å². The summed E-state index contributed by atoms with van der Waals surface area (Å²) in [7, 11) is 1.82. The molecule has 1 heterocycles. The number of amides is 1. The summed E-state index contributed by atoms with van der Waals surface area (Å²) in [6, 6.07) is 8.51. The molecule has 176 valence electrons. The molecule has 0 fully saturated rings. The number of nitrogens with zero attached hydrogens (tertiary/aromatic N) is 2. The Morgan fingerprint density at radius 1 is 0.879 bits per heavy atom. The number of ether oxygens (including phenoxy) is 4. The molecule has 1 aromatic heterocycles. The monoisotopic (exact) mass is 472 g/mol. The van der Waals surface area contributed by atoms with Gasteiger partial charge in [-0.15, -0.1) is 0 Å². The highest BCUT2D eigenvalue weighted by atomic mass is 32.1. The number of thiazole rings is 1. The summed E-state index contributed by atoms with van der Waals surface area (Å²) >= 11 is 1.32. The van der Waals surface area contributed by atoms with Gasteiger partial charge in [0.15, 0.2) is 16.3 Å². The Labute approximate surface area is 196 Å². The van der Waals surface area contributed by atoms with Gasteiger partial charge in [-0.2, -0.15) is 4.99 Å². The Morgan fingerprint density at radius 2 is 1.52 bits per heavy atom. The number of hydrogen-bond acceptors (Lipinski definition) is 7. The number of carbonyl (C=O) groups is 2. The molecular formula is C24H28N2O6S. The summed E-state index contributed by atoms with van der Waals surface area (Å²) in [5.74, 6) is 0.517. The van der Waals surface area contributed by atoms with Crippen molar-refractivity contribution in [3.8, 4) is 17.2 Å². The molecule has 3 aromatic rings. The molecular weight excluding hydrogens is 444 g/mol. The van der Waals surface area contributed by atoms with Crippen molar-refractivity contribution >= 4 is 33.4 Å². The van der Waals surface area contributed by atoms with E-state index in [-0.39, 0.29) is 5.97 Å². The van der Waals surface area contributed by atoms with E-state index in [1.165, 1.54) is 11.3 Å². The van der Waals surface area contributed by atoms with Gasteiger partial charge in [-0.25, -0.2) is 4.79 Å². The number of hydrogen-bond donors (Lipinski definition) is 0. The van der Waals surface area contributed by atoms with Crippen LogP contribution in [-0.4, -0.2) is 42.9 Å². The molecule has 2 aromatic carbocycles. The van der Waals surface area contributed by atoms with Crippen molar-refractivity contribution in [1.29, 1.82) is 0 Å². The lowest BCUT2D eigenvalue weighted by atomic mass is 10.1. The minimum atomic E-state index is -0.437. The summed E-state index contributed by atoms with van der Waals surface area (Å²) in [6.45, 7) is 8.91. The minimum Gasteiger partial charge on any atom is -0.490 e. The second-order valence-electron chi connectivity index (χ2n) is 6.86. The number of carbonyl (C=O) groups excluding carboxylic acids is 2. The molecule has 8 nitrogen and oxygen atoms in total. The molecule has 0 radical (unpaired) electrons. The van der Waals surface area contributed by atoms with Crippen molar-refractivity contribution in [1.82, 2.24) is 4.57 Å². The summed E-state index contributed by atoms with van der Waals surface area (Å²) in [5, 5.41) is 0. The van der Waals surface area contributed by atoms with Crippen LogP contribution in [0.5, 0.6) is 17.2 Å². The maximum absolute atomic E-state index is 13.1. The molecule has 0 aliphatic rings. The number of fused-ring (bicyclic) bond motifs is 1. The van der Waals surface area contributed by atoms with Gasteiger partial charge < -0.3 is 23.5 Å². The number of benzene rings is 2. The average molecular weight is 473 g/mol. The molecule has 0 atom stereocenters. The maximum Gasteiger partial charge on any atom is 0.338 e. The predicted molar refractivity (Wildman–Crippen MR) is 127 cm³/mol. The van der Waals surface area contributed by atoms with E-state index in [4.69, 9.17) is 18.9 Å². The molecule has 0 aliphatic heterocycles. The fourth-order valence-corrected chi connectivity index (χ4v) is 4.30. The van der Waals surface area contributed by atoms with E-state index in [0.717, 1.165) is 10.2 Å². The predicted octanol–water partition coefficient (Wildman–Crippen LogP) is 4.35. The molecule has 0 saturated heterocycles. The smallest absolute Gasteiger partial charge is 0.338 e. The number of esters is 1. The Bertz CT molecular complexity index is 1200. The van der Waals surface area contributed by atoms with Crippen LogP contribution >= 0.6 is 11.3 Å². The standard InChI is InChI=1S/C24H28N2O6S/c1-6-29-18-12-16(13-19(30-7-2)21(18)31-8-3)22(27)25-24-26(5)17-11-10-15(14-20(17)33-24)23(28)32-9-4/h10-14H,6-9H2,1-5H3. The van der Waals surface area contributed by atoms with Crippen LogP contribution in [0.3, 0.4) is 0 Å². The van der Waals surface area contributed by atoms with Crippen molar-refractivity contribution in [3.05, 3.63) is 46.3 Å². The molecule has 3 rings (SSSR count). The molecule has 0 aliphatic carbocycles. The van der Waals surface area contributed by atoms with Crippen molar-refractivity contribution in [2.75, 3.05) is 26.4 Å². The summed E-state index contributed by atoms with van der Waals surface area (Å²) < 4.78 is 24.8. The number of rotatable bonds is 9. The molecule has 1 amide bonds. The summed E-state index contributed by atoms with van der Waals surface area (Å²) in [5.41, 5.74) is 1.64. The second kappa shape index (κ2) is 11.0. The zero-order valence-electron chi connectivity index (χ0n) is 19.5. The molecule has 33 heavy (non-hydrogen) atoms. The molecule has 0 unspecified atom stereocenters. The largest absolute Gasteiger partial charge is 0.490 e. The van der Waals surface area contributed by atoms with Gasteiger partial charge in [0, 0.05) is 12.6 Å². The highest BCUT2D eigenvalue weighted by molar-refractivity contribution is 7.16. The van der Waals surface area contributed by atoms with E-state index in [9.17, 15) is 9.59 Å². The molecule has 0 N–H and O–H groups in total.